The first-order valence-corrected chi connectivity index (χ1v) is 4.26. The SMILES string of the molecule is CC(O)CC(C)N1CC(N)C1=O. The second-order valence-corrected chi connectivity index (χ2v) is 3.53. The van der Waals surface area contributed by atoms with Crippen LogP contribution in [-0.2, 0) is 4.79 Å². The molecule has 1 saturated heterocycles. The lowest BCUT2D eigenvalue weighted by molar-refractivity contribution is -0.145. The number of likely N-dealkylation sites (tertiary alicyclic amines) is 1. The van der Waals surface area contributed by atoms with Crippen molar-refractivity contribution in [1.29, 1.82) is 0 Å². The Kier molecular flexibility index (Phi) is 2.69. The zero-order valence-corrected chi connectivity index (χ0v) is 7.53. The Labute approximate surface area is 72.3 Å². The van der Waals surface area contributed by atoms with Crippen LogP contribution in [0.3, 0.4) is 0 Å². The van der Waals surface area contributed by atoms with Crippen LogP contribution in [0.1, 0.15) is 20.3 Å². The third kappa shape index (κ3) is 1.76. The van der Waals surface area contributed by atoms with Gasteiger partial charge in [0.15, 0.2) is 0 Å². The van der Waals surface area contributed by atoms with Crippen LogP contribution in [0, 0.1) is 0 Å². The molecule has 1 amide bonds. The maximum atomic E-state index is 11.1. The van der Waals surface area contributed by atoms with E-state index in [4.69, 9.17) is 10.8 Å². The summed E-state index contributed by atoms with van der Waals surface area (Å²) in [5.74, 6) is 0.00292. The molecule has 0 bridgehead atoms. The van der Waals surface area contributed by atoms with Crippen molar-refractivity contribution in [3.63, 3.8) is 0 Å². The number of aliphatic hydroxyl groups is 1. The van der Waals surface area contributed by atoms with Gasteiger partial charge in [-0.05, 0) is 20.3 Å². The molecule has 0 aliphatic carbocycles. The molecule has 0 aromatic rings. The number of hydrogen-bond donors (Lipinski definition) is 2. The van der Waals surface area contributed by atoms with Gasteiger partial charge in [-0.1, -0.05) is 0 Å². The van der Waals surface area contributed by atoms with Crippen molar-refractivity contribution in [2.45, 2.75) is 38.5 Å². The summed E-state index contributed by atoms with van der Waals surface area (Å²) in [4.78, 5) is 12.8. The topological polar surface area (TPSA) is 66.6 Å². The van der Waals surface area contributed by atoms with E-state index in [1.54, 1.807) is 11.8 Å². The van der Waals surface area contributed by atoms with Gasteiger partial charge in [-0.25, -0.2) is 0 Å². The van der Waals surface area contributed by atoms with Crippen molar-refractivity contribution in [2.24, 2.45) is 5.73 Å². The molecule has 1 aliphatic heterocycles. The Hall–Kier alpha value is -0.610. The Morgan fingerprint density at radius 3 is 2.67 bits per heavy atom. The predicted octanol–water partition coefficient (Wildman–Crippen LogP) is -0.685. The number of β-lactam (4-membered cyclic amide) rings is 1. The number of amides is 1. The molecule has 0 aromatic heterocycles. The van der Waals surface area contributed by atoms with Crippen molar-refractivity contribution in [1.82, 2.24) is 4.90 Å². The van der Waals surface area contributed by atoms with Crippen LogP contribution < -0.4 is 5.73 Å². The molecule has 3 unspecified atom stereocenters. The van der Waals surface area contributed by atoms with E-state index in [9.17, 15) is 4.79 Å². The summed E-state index contributed by atoms with van der Waals surface area (Å²) >= 11 is 0. The monoisotopic (exact) mass is 172 g/mol. The van der Waals surface area contributed by atoms with Crippen LogP contribution in [0.5, 0.6) is 0 Å². The lowest BCUT2D eigenvalue weighted by atomic mass is 10.0. The Bertz CT molecular complexity index is 182. The minimum absolute atomic E-state index is 0.00292. The van der Waals surface area contributed by atoms with E-state index >= 15 is 0 Å². The molecule has 1 heterocycles. The van der Waals surface area contributed by atoms with Gasteiger partial charge in [-0.3, -0.25) is 4.79 Å². The number of carbonyl (C=O) groups is 1. The van der Waals surface area contributed by atoms with E-state index in [1.165, 1.54) is 0 Å². The summed E-state index contributed by atoms with van der Waals surface area (Å²) in [7, 11) is 0. The first-order chi connectivity index (χ1) is 5.52. The average molecular weight is 172 g/mol. The van der Waals surface area contributed by atoms with Gasteiger partial charge in [0.2, 0.25) is 5.91 Å². The predicted molar refractivity (Wildman–Crippen MR) is 45.4 cm³/mol. The molecular formula is C8H16N2O2. The van der Waals surface area contributed by atoms with Crippen molar-refractivity contribution in [3.8, 4) is 0 Å². The molecule has 4 nitrogen and oxygen atoms in total. The van der Waals surface area contributed by atoms with Crippen LogP contribution in [0.4, 0.5) is 0 Å². The van der Waals surface area contributed by atoms with Crippen LogP contribution in [0.15, 0.2) is 0 Å². The largest absolute Gasteiger partial charge is 0.393 e. The lowest BCUT2D eigenvalue weighted by Crippen LogP contribution is -2.63. The lowest BCUT2D eigenvalue weighted by Gasteiger charge is -2.41. The maximum absolute atomic E-state index is 11.1. The van der Waals surface area contributed by atoms with Gasteiger partial charge in [0.25, 0.3) is 0 Å². The normalized spacial score (nSPS) is 28.2. The van der Waals surface area contributed by atoms with E-state index in [2.05, 4.69) is 0 Å². The van der Waals surface area contributed by atoms with Gasteiger partial charge in [0.05, 0.1) is 6.10 Å². The maximum Gasteiger partial charge on any atom is 0.241 e. The molecule has 3 N–H and O–H groups in total. The Balaban J connectivity index is 2.35. The zero-order valence-electron chi connectivity index (χ0n) is 7.53. The number of carbonyl (C=O) groups excluding carboxylic acids is 1. The summed E-state index contributed by atoms with van der Waals surface area (Å²) in [6.07, 6.45) is 0.267. The number of hydrogen-bond acceptors (Lipinski definition) is 3. The highest BCUT2D eigenvalue weighted by Gasteiger charge is 2.36. The molecule has 12 heavy (non-hydrogen) atoms. The molecule has 1 fully saturated rings. The zero-order chi connectivity index (χ0) is 9.30. The summed E-state index contributed by atoms with van der Waals surface area (Å²) < 4.78 is 0. The Morgan fingerprint density at radius 1 is 1.75 bits per heavy atom. The summed E-state index contributed by atoms with van der Waals surface area (Å²) in [6.45, 7) is 4.28. The van der Waals surface area contributed by atoms with Crippen LogP contribution in [-0.4, -0.2) is 40.6 Å². The molecular weight excluding hydrogens is 156 g/mol. The van der Waals surface area contributed by atoms with E-state index in [-0.39, 0.29) is 24.1 Å². The third-order valence-electron chi connectivity index (χ3n) is 2.21. The number of aliphatic hydroxyl groups excluding tert-OH is 1. The minimum atomic E-state index is -0.357. The van der Waals surface area contributed by atoms with Gasteiger partial charge in [-0.2, -0.15) is 0 Å². The first-order valence-electron chi connectivity index (χ1n) is 4.26. The second kappa shape index (κ2) is 3.41. The highest BCUT2D eigenvalue weighted by Crippen LogP contribution is 2.15. The van der Waals surface area contributed by atoms with Crippen LogP contribution in [0.25, 0.3) is 0 Å². The van der Waals surface area contributed by atoms with E-state index in [0.717, 1.165) is 0 Å². The fourth-order valence-corrected chi connectivity index (χ4v) is 1.50. The molecule has 0 spiro atoms. The summed E-state index contributed by atoms with van der Waals surface area (Å²) in [5, 5.41) is 9.07. The highest BCUT2D eigenvalue weighted by molar-refractivity contribution is 5.87. The molecule has 0 saturated carbocycles. The molecule has 3 atom stereocenters. The molecule has 70 valence electrons. The van der Waals surface area contributed by atoms with Gasteiger partial charge in [0, 0.05) is 12.6 Å². The molecule has 1 aliphatic rings. The molecule has 4 heteroatoms. The number of nitrogens with two attached hydrogens (primary N) is 1. The fraction of sp³-hybridized carbons (Fsp3) is 0.875. The molecule has 0 radical (unpaired) electrons. The van der Waals surface area contributed by atoms with E-state index < -0.39 is 0 Å². The standard InChI is InChI=1S/C8H16N2O2/c1-5(3-6(2)11)10-4-7(9)8(10)12/h5-7,11H,3-4,9H2,1-2H3. The van der Waals surface area contributed by atoms with E-state index in [0.29, 0.717) is 13.0 Å². The highest BCUT2D eigenvalue weighted by atomic mass is 16.3. The average Bonchev–Trinajstić information content (AvgIpc) is 1.97. The number of rotatable bonds is 3. The quantitative estimate of drug-likeness (QED) is 0.554. The van der Waals surface area contributed by atoms with Gasteiger partial charge < -0.3 is 15.7 Å². The van der Waals surface area contributed by atoms with Crippen molar-refractivity contribution < 1.29 is 9.90 Å². The summed E-state index contributed by atoms with van der Waals surface area (Å²) in [6, 6.07) is -0.196. The van der Waals surface area contributed by atoms with Crippen molar-refractivity contribution in [3.05, 3.63) is 0 Å². The second-order valence-electron chi connectivity index (χ2n) is 3.53. The van der Waals surface area contributed by atoms with Crippen LogP contribution >= 0.6 is 0 Å². The Morgan fingerprint density at radius 2 is 2.33 bits per heavy atom. The van der Waals surface area contributed by atoms with Gasteiger partial charge in [-0.15, -0.1) is 0 Å². The molecule has 0 aromatic carbocycles. The smallest absolute Gasteiger partial charge is 0.241 e. The summed E-state index contributed by atoms with van der Waals surface area (Å²) in [5.41, 5.74) is 5.43. The number of nitrogens with zero attached hydrogens (tertiary/aromatic N) is 1. The molecule has 1 rings (SSSR count). The van der Waals surface area contributed by atoms with Crippen molar-refractivity contribution in [2.75, 3.05) is 6.54 Å². The van der Waals surface area contributed by atoms with Gasteiger partial charge >= 0.3 is 0 Å². The third-order valence-corrected chi connectivity index (χ3v) is 2.21. The van der Waals surface area contributed by atoms with Crippen LogP contribution in [0.2, 0.25) is 0 Å². The first kappa shape index (κ1) is 9.48. The minimum Gasteiger partial charge on any atom is -0.393 e. The van der Waals surface area contributed by atoms with Gasteiger partial charge in [0.1, 0.15) is 6.04 Å². The van der Waals surface area contributed by atoms with E-state index in [1.807, 2.05) is 6.92 Å². The fourth-order valence-electron chi connectivity index (χ4n) is 1.50. The van der Waals surface area contributed by atoms with Crippen molar-refractivity contribution >= 4 is 5.91 Å².